The molecule has 0 spiro atoms. The molecule has 1 saturated carbocycles. The van der Waals surface area contributed by atoms with Crippen molar-refractivity contribution in [3.63, 3.8) is 0 Å². The zero-order chi connectivity index (χ0) is 13.4. The maximum atomic E-state index is 5.96. The molecule has 1 heterocycles. The van der Waals surface area contributed by atoms with E-state index in [2.05, 4.69) is 31.0 Å². The molecule has 0 bridgehead atoms. The molecule has 1 aromatic carbocycles. The number of hydrogen-bond acceptors (Lipinski definition) is 3. The molecule has 2 aliphatic rings. The number of nitrogens with zero attached hydrogens (tertiary/aromatic N) is 1. The van der Waals surface area contributed by atoms with Gasteiger partial charge in [-0.05, 0) is 62.4 Å². The number of likely N-dealkylation sites (N-methyl/N-ethyl adjacent to an activating group) is 1. The number of hydrogen-bond donors (Lipinski definition) is 0. The minimum atomic E-state index is 0.456. The number of fused-ring (bicyclic) bond motifs is 1. The smallest absolute Gasteiger partial charge is 0.161 e. The topological polar surface area (TPSA) is 21.7 Å². The number of benzene rings is 1. The summed E-state index contributed by atoms with van der Waals surface area (Å²) in [5.74, 6) is 2.56. The Balaban J connectivity index is 1.89. The summed E-state index contributed by atoms with van der Waals surface area (Å²) >= 11 is 0. The molecular formula is C16H23NO2. The van der Waals surface area contributed by atoms with Gasteiger partial charge in [0.05, 0.1) is 13.7 Å². The van der Waals surface area contributed by atoms with Gasteiger partial charge in [0.1, 0.15) is 0 Å². The Bertz CT molecular complexity index is 468. The number of ether oxygens (including phenoxy) is 2. The van der Waals surface area contributed by atoms with E-state index >= 15 is 0 Å². The Morgan fingerprint density at radius 2 is 2.05 bits per heavy atom. The fourth-order valence-electron chi connectivity index (χ4n) is 2.72. The van der Waals surface area contributed by atoms with Crippen LogP contribution >= 0.6 is 0 Å². The van der Waals surface area contributed by atoms with Crippen LogP contribution in [-0.4, -0.2) is 32.2 Å². The maximum Gasteiger partial charge on any atom is 0.161 e. The predicted octanol–water partition coefficient (Wildman–Crippen LogP) is 3.03. The van der Waals surface area contributed by atoms with Crippen molar-refractivity contribution in [3.05, 3.63) is 23.3 Å². The highest BCUT2D eigenvalue weighted by Crippen LogP contribution is 2.38. The van der Waals surface area contributed by atoms with Crippen LogP contribution in [0.3, 0.4) is 0 Å². The van der Waals surface area contributed by atoms with Gasteiger partial charge in [-0.3, -0.25) is 4.90 Å². The van der Waals surface area contributed by atoms with Crippen molar-refractivity contribution in [1.29, 1.82) is 0 Å². The Morgan fingerprint density at radius 3 is 2.74 bits per heavy atom. The fourth-order valence-corrected chi connectivity index (χ4v) is 2.72. The van der Waals surface area contributed by atoms with E-state index in [1.807, 2.05) is 0 Å². The van der Waals surface area contributed by atoms with Crippen LogP contribution in [0.4, 0.5) is 0 Å². The Labute approximate surface area is 115 Å². The van der Waals surface area contributed by atoms with Crippen LogP contribution in [0.15, 0.2) is 12.1 Å². The molecule has 1 fully saturated rings. The lowest BCUT2D eigenvalue weighted by Gasteiger charge is -2.32. The zero-order valence-corrected chi connectivity index (χ0v) is 12.1. The quantitative estimate of drug-likeness (QED) is 0.831. The van der Waals surface area contributed by atoms with Gasteiger partial charge in [0.2, 0.25) is 0 Å². The Hall–Kier alpha value is -1.22. The zero-order valence-electron chi connectivity index (χ0n) is 12.1. The van der Waals surface area contributed by atoms with Gasteiger partial charge in [0.25, 0.3) is 0 Å². The number of rotatable bonds is 4. The molecule has 1 aromatic rings. The molecule has 104 valence electrons. The Kier molecular flexibility index (Phi) is 3.40. The first kappa shape index (κ1) is 12.8. The van der Waals surface area contributed by atoms with Crippen molar-refractivity contribution < 1.29 is 9.47 Å². The van der Waals surface area contributed by atoms with E-state index in [1.54, 1.807) is 7.11 Å². The fraction of sp³-hybridized carbons (Fsp3) is 0.625. The summed E-state index contributed by atoms with van der Waals surface area (Å²) in [5, 5.41) is 0. The van der Waals surface area contributed by atoms with Crippen molar-refractivity contribution in [2.75, 3.05) is 27.3 Å². The van der Waals surface area contributed by atoms with E-state index in [1.165, 1.54) is 24.0 Å². The molecule has 0 amide bonds. The lowest BCUT2D eigenvalue weighted by atomic mass is 9.93. The second kappa shape index (κ2) is 5.04. The van der Waals surface area contributed by atoms with Gasteiger partial charge < -0.3 is 9.47 Å². The third kappa shape index (κ3) is 2.57. The van der Waals surface area contributed by atoms with Crippen LogP contribution in [0.1, 0.15) is 36.9 Å². The SMILES string of the molecule is COc1cc2c(cc1OCC1CC1)C(C)N(C)CC2. The van der Waals surface area contributed by atoms with Crippen molar-refractivity contribution in [1.82, 2.24) is 4.90 Å². The van der Waals surface area contributed by atoms with Crippen LogP contribution in [0, 0.1) is 5.92 Å². The summed E-state index contributed by atoms with van der Waals surface area (Å²) in [7, 11) is 3.91. The highest BCUT2D eigenvalue weighted by Gasteiger charge is 2.25. The van der Waals surface area contributed by atoms with Crippen LogP contribution in [-0.2, 0) is 6.42 Å². The first-order valence-electron chi connectivity index (χ1n) is 7.23. The van der Waals surface area contributed by atoms with Gasteiger partial charge in [-0.15, -0.1) is 0 Å². The molecule has 19 heavy (non-hydrogen) atoms. The van der Waals surface area contributed by atoms with Crippen molar-refractivity contribution in [3.8, 4) is 11.5 Å². The van der Waals surface area contributed by atoms with E-state index in [4.69, 9.17) is 9.47 Å². The van der Waals surface area contributed by atoms with Crippen LogP contribution in [0.5, 0.6) is 11.5 Å². The summed E-state index contributed by atoms with van der Waals surface area (Å²) in [6.07, 6.45) is 3.72. The van der Waals surface area contributed by atoms with E-state index in [0.717, 1.165) is 37.0 Å². The van der Waals surface area contributed by atoms with Crippen molar-refractivity contribution in [2.24, 2.45) is 5.92 Å². The second-order valence-corrected chi connectivity index (χ2v) is 5.86. The van der Waals surface area contributed by atoms with E-state index in [9.17, 15) is 0 Å². The molecule has 3 nitrogen and oxygen atoms in total. The van der Waals surface area contributed by atoms with Gasteiger partial charge in [-0.25, -0.2) is 0 Å². The third-order valence-electron chi connectivity index (χ3n) is 4.44. The Morgan fingerprint density at radius 1 is 1.26 bits per heavy atom. The first-order valence-corrected chi connectivity index (χ1v) is 7.23. The van der Waals surface area contributed by atoms with Gasteiger partial charge in [0.15, 0.2) is 11.5 Å². The van der Waals surface area contributed by atoms with E-state index < -0.39 is 0 Å². The van der Waals surface area contributed by atoms with Crippen LogP contribution in [0.2, 0.25) is 0 Å². The second-order valence-electron chi connectivity index (χ2n) is 5.86. The van der Waals surface area contributed by atoms with Crippen molar-refractivity contribution in [2.45, 2.75) is 32.2 Å². The lowest BCUT2D eigenvalue weighted by Crippen LogP contribution is -2.30. The maximum absolute atomic E-state index is 5.96. The molecular weight excluding hydrogens is 238 g/mol. The van der Waals surface area contributed by atoms with Crippen LogP contribution in [0.25, 0.3) is 0 Å². The molecule has 1 atom stereocenters. The highest BCUT2D eigenvalue weighted by molar-refractivity contribution is 5.49. The van der Waals surface area contributed by atoms with Gasteiger partial charge in [-0.2, -0.15) is 0 Å². The molecule has 1 unspecified atom stereocenters. The third-order valence-corrected chi connectivity index (χ3v) is 4.44. The normalized spacial score (nSPS) is 23.0. The predicted molar refractivity (Wildman–Crippen MR) is 76.0 cm³/mol. The molecule has 3 rings (SSSR count). The minimum Gasteiger partial charge on any atom is -0.493 e. The first-order chi connectivity index (χ1) is 9.19. The molecule has 0 saturated heterocycles. The lowest BCUT2D eigenvalue weighted by molar-refractivity contribution is 0.242. The summed E-state index contributed by atoms with van der Waals surface area (Å²) in [6, 6.07) is 4.82. The molecule has 0 radical (unpaired) electrons. The average Bonchev–Trinajstić information content (AvgIpc) is 3.24. The largest absolute Gasteiger partial charge is 0.493 e. The number of methoxy groups -OCH3 is 1. The van der Waals surface area contributed by atoms with Crippen LogP contribution < -0.4 is 9.47 Å². The standard InChI is InChI=1S/C16H23NO2/c1-11-14-9-16(19-10-12-4-5-12)15(18-3)8-13(14)6-7-17(11)2/h8-9,11-12H,4-7,10H2,1-3H3. The molecule has 1 aliphatic carbocycles. The summed E-state index contributed by atoms with van der Waals surface area (Å²) in [4.78, 5) is 2.39. The summed E-state index contributed by atoms with van der Waals surface area (Å²) in [5.41, 5.74) is 2.79. The highest BCUT2D eigenvalue weighted by atomic mass is 16.5. The molecule has 0 N–H and O–H groups in total. The molecule has 3 heteroatoms. The molecule has 0 aromatic heterocycles. The van der Waals surface area contributed by atoms with Gasteiger partial charge in [0, 0.05) is 12.6 Å². The monoisotopic (exact) mass is 261 g/mol. The van der Waals surface area contributed by atoms with E-state index in [-0.39, 0.29) is 0 Å². The van der Waals surface area contributed by atoms with Crippen molar-refractivity contribution >= 4 is 0 Å². The molecule has 1 aliphatic heterocycles. The summed E-state index contributed by atoms with van der Waals surface area (Å²) in [6.45, 7) is 4.20. The van der Waals surface area contributed by atoms with E-state index in [0.29, 0.717) is 6.04 Å². The summed E-state index contributed by atoms with van der Waals surface area (Å²) < 4.78 is 11.4. The average molecular weight is 261 g/mol. The van der Waals surface area contributed by atoms with Gasteiger partial charge in [-0.1, -0.05) is 0 Å². The minimum absolute atomic E-state index is 0.456. The van der Waals surface area contributed by atoms with Gasteiger partial charge >= 0.3 is 0 Å².